The number of hydrogen-bond acceptors (Lipinski definition) is 3. The van der Waals surface area contributed by atoms with Crippen LogP contribution in [0.25, 0.3) is 34.0 Å². The lowest BCUT2D eigenvalue weighted by molar-refractivity contribution is 0.588. The molecular formula is C22H16FNO2S. The number of nitrogens with zero attached hydrogens (tertiary/aromatic N) is 1. The van der Waals surface area contributed by atoms with Crippen LogP contribution < -0.4 is 0 Å². The Hall–Kier alpha value is -2.89. The molecule has 5 heteroatoms. The largest absolute Gasteiger partial charge is 0.612 e. The zero-order valence-corrected chi connectivity index (χ0v) is 15.4. The van der Waals surface area contributed by atoms with Gasteiger partial charge in [-0.1, -0.05) is 18.2 Å². The van der Waals surface area contributed by atoms with E-state index in [1.54, 1.807) is 18.4 Å². The van der Waals surface area contributed by atoms with Crippen molar-refractivity contribution < 1.29 is 13.4 Å². The number of rotatable bonds is 4. The van der Waals surface area contributed by atoms with Crippen LogP contribution in [0.3, 0.4) is 0 Å². The first kappa shape index (κ1) is 17.5. The second-order valence-corrected chi connectivity index (χ2v) is 7.43. The Morgan fingerprint density at radius 1 is 0.815 bits per heavy atom. The summed E-state index contributed by atoms with van der Waals surface area (Å²) in [5, 5.41) is 0. The van der Waals surface area contributed by atoms with E-state index in [2.05, 4.69) is 4.98 Å². The topological polar surface area (TPSA) is 49.1 Å². The lowest BCUT2D eigenvalue weighted by Gasteiger charge is -2.05. The zero-order chi connectivity index (χ0) is 18.8. The van der Waals surface area contributed by atoms with Gasteiger partial charge in [-0.05, 0) is 71.8 Å². The maximum atomic E-state index is 13.3. The average molecular weight is 377 g/mol. The van der Waals surface area contributed by atoms with Gasteiger partial charge in [0, 0.05) is 16.7 Å². The molecule has 1 heterocycles. The van der Waals surface area contributed by atoms with E-state index >= 15 is 0 Å². The Morgan fingerprint density at radius 2 is 1.44 bits per heavy atom. The minimum atomic E-state index is -1.05. The van der Waals surface area contributed by atoms with Gasteiger partial charge in [0.1, 0.15) is 17.8 Å². The van der Waals surface area contributed by atoms with Gasteiger partial charge in [0.15, 0.2) is 10.7 Å². The summed E-state index contributed by atoms with van der Waals surface area (Å²) < 4.78 is 31.1. The van der Waals surface area contributed by atoms with Gasteiger partial charge in [-0.3, -0.25) is 0 Å². The smallest absolute Gasteiger partial charge is 0.227 e. The minimum Gasteiger partial charge on any atom is -0.612 e. The first-order chi connectivity index (χ1) is 13.1. The number of oxazole rings is 1. The van der Waals surface area contributed by atoms with Crippen molar-refractivity contribution in [2.45, 2.75) is 4.90 Å². The Bertz CT molecular complexity index is 1040. The van der Waals surface area contributed by atoms with Gasteiger partial charge in [-0.2, -0.15) is 0 Å². The van der Waals surface area contributed by atoms with Gasteiger partial charge >= 0.3 is 0 Å². The van der Waals surface area contributed by atoms with Crippen LogP contribution in [0.15, 0.2) is 88.2 Å². The molecule has 0 N–H and O–H groups in total. The molecule has 1 aromatic heterocycles. The Kier molecular flexibility index (Phi) is 4.79. The van der Waals surface area contributed by atoms with E-state index in [1.807, 2.05) is 54.6 Å². The van der Waals surface area contributed by atoms with Crippen molar-refractivity contribution in [3.63, 3.8) is 0 Å². The van der Waals surface area contributed by atoms with E-state index in [1.165, 1.54) is 12.1 Å². The van der Waals surface area contributed by atoms with Crippen molar-refractivity contribution in [3.05, 3.63) is 84.7 Å². The second kappa shape index (κ2) is 7.39. The monoisotopic (exact) mass is 377 g/mol. The van der Waals surface area contributed by atoms with Crippen molar-refractivity contribution in [2.24, 2.45) is 0 Å². The summed E-state index contributed by atoms with van der Waals surface area (Å²) in [6.45, 7) is 0. The normalized spacial score (nSPS) is 12.1. The van der Waals surface area contributed by atoms with E-state index in [4.69, 9.17) is 4.42 Å². The SMILES string of the molecule is C[S+]([O-])c1ccc(-c2oc(-c3ccccc3)nc2-c2ccc(F)cc2)cc1. The highest BCUT2D eigenvalue weighted by Crippen LogP contribution is 2.36. The fraction of sp³-hybridized carbons (Fsp3) is 0.0455. The molecule has 0 bridgehead atoms. The van der Waals surface area contributed by atoms with Crippen LogP contribution in [0.1, 0.15) is 0 Å². The summed E-state index contributed by atoms with van der Waals surface area (Å²) in [4.78, 5) is 5.41. The van der Waals surface area contributed by atoms with Crippen molar-refractivity contribution in [2.75, 3.05) is 6.26 Å². The van der Waals surface area contributed by atoms with Crippen molar-refractivity contribution in [1.29, 1.82) is 0 Å². The molecule has 1 unspecified atom stereocenters. The third-order valence-corrected chi connectivity index (χ3v) is 5.15. The van der Waals surface area contributed by atoms with Gasteiger partial charge in [0.25, 0.3) is 0 Å². The van der Waals surface area contributed by atoms with Crippen LogP contribution in [-0.4, -0.2) is 15.8 Å². The standard InChI is InChI=1S/C22H16FNO2S/c1-27(25)19-13-9-16(10-14-19)21-20(15-7-11-18(23)12-8-15)24-22(26-21)17-5-3-2-4-6-17/h2-14H,1H3. The lowest BCUT2D eigenvalue weighted by Crippen LogP contribution is -1.96. The first-order valence-electron chi connectivity index (χ1n) is 8.38. The Balaban J connectivity index is 1.85. The van der Waals surface area contributed by atoms with Crippen LogP contribution in [0.2, 0.25) is 0 Å². The van der Waals surface area contributed by atoms with Gasteiger partial charge in [-0.15, -0.1) is 0 Å². The average Bonchev–Trinajstić information content (AvgIpc) is 3.15. The molecular weight excluding hydrogens is 361 g/mol. The molecule has 0 saturated carbocycles. The summed E-state index contributed by atoms with van der Waals surface area (Å²) in [5.74, 6) is 0.781. The quantitative estimate of drug-likeness (QED) is 0.438. The number of aromatic nitrogens is 1. The highest BCUT2D eigenvalue weighted by molar-refractivity contribution is 7.90. The van der Waals surface area contributed by atoms with Crippen molar-refractivity contribution in [3.8, 4) is 34.0 Å². The molecule has 0 radical (unpaired) electrons. The van der Waals surface area contributed by atoms with E-state index < -0.39 is 11.2 Å². The molecule has 4 aromatic rings. The van der Waals surface area contributed by atoms with Crippen LogP contribution in [-0.2, 0) is 11.2 Å². The minimum absolute atomic E-state index is 0.304. The molecule has 134 valence electrons. The van der Waals surface area contributed by atoms with E-state index in [0.29, 0.717) is 17.3 Å². The summed E-state index contributed by atoms with van der Waals surface area (Å²) >= 11 is -1.05. The summed E-state index contributed by atoms with van der Waals surface area (Å²) in [5.41, 5.74) is 3.08. The van der Waals surface area contributed by atoms with Crippen molar-refractivity contribution in [1.82, 2.24) is 4.98 Å². The highest BCUT2D eigenvalue weighted by Gasteiger charge is 2.18. The highest BCUT2D eigenvalue weighted by atomic mass is 32.2. The lowest BCUT2D eigenvalue weighted by atomic mass is 10.1. The maximum Gasteiger partial charge on any atom is 0.227 e. The number of benzene rings is 3. The maximum absolute atomic E-state index is 13.3. The predicted octanol–water partition coefficient (Wildman–Crippen LogP) is 5.55. The fourth-order valence-corrected chi connectivity index (χ4v) is 3.34. The molecule has 0 amide bonds. The van der Waals surface area contributed by atoms with Gasteiger partial charge in [0.2, 0.25) is 5.89 Å². The van der Waals surface area contributed by atoms with E-state index in [-0.39, 0.29) is 5.82 Å². The van der Waals surface area contributed by atoms with Crippen molar-refractivity contribution >= 4 is 11.2 Å². The van der Waals surface area contributed by atoms with Gasteiger partial charge < -0.3 is 8.97 Å². The molecule has 4 rings (SSSR count). The summed E-state index contributed by atoms with van der Waals surface area (Å²) in [6.07, 6.45) is 1.64. The summed E-state index contributed by atoms with van der Waals surface area (Å²) in [6, 6.07) is 23.1. The van der Waals surface area contributed by atoms with E-state index in [0.717, 1.165) is 21.6 Å². The predicted molar refractivity (Wildman–Crippen MR) is 105 cm³/mol. The van der Waals surface area contributed by atoms with Crippen LogP contribution in [0.4, 0.5) is 4.39 Å². The summed E-state index contributed by atoms with van der Waals surface area (Å²) in [7, 11) is 0. The zero-order valence-electron chi connectivity index (χ0n) is 14.6. The molecule has 1 atom stereocenters. The molecule has 27 heavy (non-hydrogen) atoms. The molecule has 0 spiro atoms. The number of halogens is 1. The van der Waals surface area contributed by atoms with Crippen LogP contribution >= 0.6 is 0 Å². The first-order valence-corrected chi connectivity index (χ1v) is 9.93. The molecule has 0 aliphatic carbocycles. The third kappa shape index (κ3) is 3.65. The van der Waals surface area contributed by atoms with Gasteiger partial charge in [-0.25, -0.2) is 9.37 Å². The van der Waals surface area contributed by atoms with Crippen LogP contribution in [0, 0.1) is 5.82 Å². The van der Waals surface area contributed by atoms with Crippen LogP contribution in [0.5, 0.6) is 0 Å². The van der Waals surface area contributed by atoms with Gasteiger partial charge in [0.05, 0.1) is 0 Å². The molecule has 0 saturated heterocycles. The molecule has 0 fully saturated rings. The molecule has 0 aliphatic rings. The Labute approximate surface area is 159 Å². The molecule has 0 aliphatic heterocycles. The molecule has 3 aromatic carbocycles. The third-order valence-electron chi connectivity index (χ3n) is 4.21. The molecule has 3 nitrogen and oxygen atoms in total. The fourth-order valence-electron chi connectivity index (χ4n) is 2.82. The van der Waals surface area contributed by atoms with E-state index in [9.17, 15) is 8.94 Å². The second-order valence-electron chi connectivity index (χ2n) is 6.05. The Morgan fingerprint density at radius 3 is 2.07 bits per heavy atom. The number of hydrogen-bond donors (Lipinski definition) is 0.